The number of methoxy groups -OCH3 is 1. The molecule has 1 aromatic carbocycles. The molecule has 148 valence electrons. The predicted molar refractivity (Wildman–Crippen MR) is 104 cm³/mol. The first kappa shape index (κ1) is 19.7. The molecule has 0 N–H and O–H groups in total. The topological polar surface area (TPSA) is 55.8 Å². The van der Waals surface area contributed by atoms with E-state index in [1.807, 2.05) is 50.8 Å². The van der Waals surface area contributed by atoms with Gasteiger partial charge in [0.2, 0.25) is 0 Å². The van der Waals surface area contributed by atoms with E-state index < -0.39 is 5.60 Å². The molecule has 5 heteroatoms. The lowest BCUT2D eigenvalue weighted by molar-refractivity contribution is -0.0261. The zero-order valence-electron chi connectivity index (χ0n) is 17.1. The van der Waals surface area contributed by atoms with Gasteiger partial charge in [-0.1, -0.05) is 6.07 Å². The van der Waals surface area contributed by atoms with Crippen LogP contribution in [0.15, 0.2) is 18.2 Å². The second-order valence-corrected chi connectivity index (χ2v) is 8.86. The fraction of sp³-hybridized carbons (Fsp3) is 0.636. The zero-order chi connectivity index (χ0) is 19.8. The predicted octanol–water partition coefficient (Wildman–Crippen LogP) is 4.75. The lowest BCUT2D eigenvalue weighted by Crippen LogP contribution is -2.56. The van der Waals surface area contributed by atoms with Crippen LogP contribution in [-0.2, 0) is 4.74 Å². The van der Waals surface area contributed by atoms with Crippen molar-refractivity contribution in [3.63, 3.8) is 0 Å². The highest BCUT2D eigenvalue weighted by Crippen LogP contribution is 2.40. The van der Waals surface area contributed by atoms with E-state index in [1.54, 1.807) is 7.11 Å². The smallest absolute Gasteiger partial charge is 0.410 e. The Labute approximate surface area is 162 Å². The minimum Gasteiger partial charge on any atom is -0.496 e. The molecule has 1 aromatic rings. The second kappa shape index (κ2) is 7.53. The van der Waals surface area contributed by atoms with E-state index in [4.69, 9.17) is 9.47 Å². The summed E-state index contributed by atoms with van der Waals surface area (Å²) in [5.41, 5.74) is 1.21. The molecule has 2 bridgehead atoms. The number of fused-ring (bicyclic) bond motifs is 2. The molecular formula is C22H31NO4. The summed E-state index contributed by atoms with van der Waals surface area (Å²) in [5.74, 6) is 0.697. The van der Waals surface area contributed by atoms with Crippen LogP contribution < -0.4 is 4.74 Å². The Morgan fingerprint density at radius 1 is 1.11 bits per heavy atom. The number of hydrogen-bond acceptors (Lipinski definition) is 4. The van der Waals surface area contributed by atoms with Gasteiger partial charge in [0, 0.05) is 18.0 Å². The van der Waals surface area contributed by atoms with Crippen LogP contribution in [0, 0.1) is 12.8 Å². The van der Waals surface area contributed by atoms with Gasteiger partial charge < -0.3 is 14.4 Å². The van der Waals surface area contributed by atoms with E-state index in [9.17, 15) is 9.59 Å². The van der Waals surface area contributed by atoms with Gasteiger partial charge in [-0.3, -0.25) is 4.79 Å². The molecule has 0 aromatic heterocycles. The Kier molecular flexibility index (Phi) is 5.50. The molecule has 2 atom stereocenters. The summed E-state index contributed by atoms with van der Waals surface area (Å²) in [5, 5.41) is 0. The van der Waals surface area contributed by atoms with E-state index in [-0.39, 0.29) is 29.9 Å². The largest absolute Gasteiger partial charge is 0.496 e. The van der Waals surface area contributed by atoms with Crippen molar-refractivity contribution in [1.29, 1.82) is 0 Å². The summed E-state index contributed by atoms with van der Waals surface area (Å²) >= 11 is 0. The fourth-order valence-electron chi connectivity index (χ4n) is 4.43. The molecule has 0 spiro atoms. The van der Waals surface area contributed by atoms with E-state index in [2.05, 4.69) is 0 Å². The Morgan fingerprint density at radius 2 is 1.74 bits per heavy atom. The van der Waals surface area contributed by atoms with Gasteiger partial charge in [0.25, 0.3) is 0 Å². The maximum atomic E-state index is 13.2. The number of piperidine rings is 2. The van der Waals surface area contributed by atoms with Crippen molar-refractivity contribution in [2.24, 2.45) is 5.92 Å². The molecule has 2 aliphatic rings. The third-order valence-electron chi connectivity index (χ3n) is 5.57. The highest BCUT2D eigenvalue weighted by molar-refractivity contribution is 6.00. The average Bonchev–Trinajstić information content (AvgIpc) is 2.58. The number of carbonyl (C=O) groups is 2. The van der Waals surface area contributed by atoms with E-state index in [1.165, 1.54) is 0 Å². The first-order valence-corrected chi connectivity index (χ1v) is 9.90. The Hall–Kier alpha value is -2.04. The number of amides is 1. The molecule has 5 nitrogen and oxygen atoms in total. The van der Waals surface area contributed by atoms with Gasteiger partial charge in [-0.15, -0.1) is 0 Å². The maximum absolute atomic E-state index is 13.2. The molecule has 2 fully saturated rings. The molecule has 2 saturated heterocycles. The molecule has 0 aliphatic carbocycles. The molecule has 0 saturated carbocycles. The third-order valence-corrected chi connectivity index (χ3v) is 5.57. The Balaban J connectivity index is 1.78. The van der Waals surface area contributed by atoms with Crippen LogP contribution in [0.1, 0.15) is 68.8 Å². The third kappa shape index (κ3) is 4.28. The lowest BCUT2D eigenvalue weighted by Gasteiger charge is -2.48. The molecule has 1 amide bonds. The quantitative estimate of drug-likeness (QED) is 0.717. The molecule has 2 unspecified atom stereocenters. The van der Waals surface area contributed by atoms with Gasteiger partial charge >= 0.3 is 6.09 Å². The minimum atomic E-state index is -0.507. The Morgan fingerprint density at radius 3 is 2.30 bits per heavy atom. The van der Waals surface area contributed by atoms with Gasteiger partial charge in [-0.25, -0.2) is 4.79 Å². The average molecular weight is 373 g/mol. The maximum Gasteiger partial charge on any atom is 0.410 e. The highest BCUT2D eigenvalue weighted by atomic mass is 16.6. The summed E-state index contributed by atoms with van der Waals surface area (Å²) in [6.45, 7) is 7.66. The molecule has 3 rings (SSSR count). The summed E-state index contributed by atoms with van der Waals surface area (Å²) in [7, 11) is 1.60. The summed E-state index contributed by atoms with van der Waals surface area (Å²) in [6.07, 6.45) is 4.13. The number of benzene rings is 1. The number of rotatable bonds is 3. The van der Waals surface area contributed by atoms with Crippen molar-refractivity contribution in [2.75, 3.05) is 7.11 Å². The van der Waals surface area contributed by atoms with Crippen molar-refractivity contribution in [2.45, 2.75) is 77.5 Å². The molecule has 27 heavy (non-hydrogen) atoms. The summed E-state index contributed by atoms with van der Waals surface area (Å²) < 4.78 is 11.1. The van der Waals surface area contributed by atoms with E-state index >= 15 is 0 Å². The van der Waals surface area contributed by atoms with Gasteiger partial charge in [-0.05, 0) is 77.5 Å². The summed E-state index contributed by atoms with van der Waals surface area (Å²) in [6, 6.07) is 5.89. The van der Waals surface area contributed by atoms with Gasteiger partial charge in [0.1, 0.15) is 11.4 Å². The van der Waals surface area contributed by atoms with Gasteiger partial charge in [0.15, 0.2) is 5.78 Å². The zero-order valence-corrected chi connectivity index (χ0v) is 17.1. The van der Waals surface area contributed by atoms with Crippen molar-refractivity contribution in [3.05, 3.63) is 29.3 Å². The number of nitrogens with zero attached hydrogens (tertiary/aromatic N) is 1. The van der Waals surface area contributed by atoms with Crippen LogP contribution in [0.2, 0.25) is 0 Å². The van der Waals surface area contributed by atoms with Crippen LogP contribution in [0.3, 0.4) is 0 Å². The van der Waals surface area contributed by atoms with Gasteiger partial charge in [-0.2, -0.15) is 0 Å². The van der Waals surface area contributed by atoms with Crippen molar-refractivity contribution in [1.82, 2.24) is 4.90 Å². The molecule has 0 radical (unpaired) electrons. The number of aryl methyl sites for hydroxylation is 1. The molecule has 2 heterocycles. The van der Waals surface area contributed by atoms with E-state index in [0.717, 1.165) is 24.8 Å². The van der Waals surface area contributed by atoms with Crippen LogP contribution in [0.5, 0.6) is 5.75 Å². The van der Waals surface area contributed by atoms with Crippen LogP contribution >= 0.6 is 0 Å². The number of Topliss-reactive ketones (excluding diaryl/α,β-unsaturated/α-hetero) is 1. The first-order chi connectivity index (χ1) is 12.7. The number of ketones is 1. The molecule has 2 aliphatic heterocycles. The van der Waals surface area contributed by atoms with Gasteiger partial charge in [0.05, 0.1) is 12.7 Å². The molecular weight excluding hydrogens is 342 g/mol. The number of carbonyl (C=O) groups excluding carboxylic acids is 2. The highest BCUT2D eigenvalue weighted by Gasteiger charge is 2.44. The first-order valence-electron chi connectivity index (χ1n) is 9.90. The van der Waals surface area contributed by atoms with Crippen LogP contribution in [0.25, 0.3) is 0 Å². The minimum absolute atomic E-state index is 0.0735. The lowest BCUT2D eigenvalue weighted by atomic mass is 9.75. The SMILES string of the molecule is COc1cc(C)ccc1C(=O)C1CC2CCCC(C1)N2C(=O)OC(C)(C)C. The standard InChI is InChI=1S/C22H31NO4/c1-14-9-10-18(19(11-14)26-5)20(24)15-12-16-7-6-8-17(13-15)23(16)21(25)27-22(2,3)4/h9-11,15-17H,6-8,12-13H2,1-5H3. The number of hydrogen-bond donors (Lipinski definition) is 0. The van der Waals surface area contributed by atoms with Crippen molar-refractivity contribution < 1.29 is 19.1 Å². The Bertz CT molecular complexity index is 708. The number of ether oxygens (including phenoxy) is 2. The van der Waals surface area contributed by atoms with Crippen LogP contribution in [-0.4, -0.2) is 41.6 Å². The van der Waals surface area contributed by atoms with E-state index in [0.29, 0.717) is 24.2 Å². The normalized spacial score (nSPS) is 25.1. The monoisotopic (exact) mass is 373 g/mol. The van der Waals surface area contributed by atoms with Crippen molar-refractivity contribution in [3.8, 4) is 5.75 Å². The van der Waals surface area contributed by atoms with Crippen LogP contribution in [0.4, 0.5) is 4.79 Å². The second-order valence-electron chi connectivity index (χ2n) is 8.86. The van der Waals surface area contributed by atoms with Crippen molar-refractivity contribution >= 4 is 11.9 Å². The summed E-state index contributed by atoms with van der Waals surface area (Å²) in [4.78, 5) is 27.8. The fourth-order valence-corrected chi connectivity index (χ4v) is 4.43.